The van der Waals surface area contributed by atoms with Gasteiger partial charge in [0.2, 0.25) is 0 Å². The van der Waals surface area contributed by atoms with Gasteiger partial charge in [0.25, 0.3) is 11.1 Å². The second-order valence-corrected chi connectivity index (χ2v) is 8.44. The predicted molar refractivity (Wildman–Crippen MR) is 127 cm³/mol. The zero-order valence-corrected chi connectivity index (χ0v) is 18.9. The molecular formula is C25H20ClNO4S. The Balaban J connectivity index is 1.49. The van der Waals surface area contributed by atoms with Crippen LogP contribution in [0.25, 0.3) is 6.08 Å². The Labute approximate surface area is 195 Å². The lowest BCUT2D eigenvalue weighted by molar-refractivity contribution is -0.123. The van der Waals surface area contributed by atoms with Crippen molar-refractivity contribution in [2.75, 3.05) is 7.11 Å². The van der Waals surface area contributed by atoms with Gasteiger partial charge in [-0.25, -0.2) is 0 Å². The van der Waals surface area contributed by atoms with E-state index in [4.69, 9.17) is 21.1 Å². The summed E-state index contributed by atoms with van der Waals surface area (Å²) in [6.45, 7) is 0.550. The van der Waals surface area contributed by atoms with Crippen LogP contribution in [-0.4, -0.2) is 23.2 Å². The highest BCUT2D eigenvalue weighted by atomic mass is 35.5. The van der Waals surface area contributed by atoms with Gasteiger partial charge >= 0.3 is 0 Å². The molecule has 32 heavy (non-hydrogen) atoms. The lowest BCUT2D eigenvalue weighted by Crippen LogP contribution is -2.27. The number of hydrogen-bond donors (Lipinski definition) is 0. The first-order valence-electron chi connectivity index (χ1n) is 9.88. The van der Waals surface area contributed by atoms with Crippen LogP contribution >= 0.6 is 23.4 Å². The van der Waals surface area contributed by atoms with Gasteiger partial charge in [0.1, 0.15) is 6.61 Å². The number of amides is 2. The Hall–Kier alpha value is -3.22. The number of halogens is 1. The van der Waals surface area contributed by atoms with Gasteiger partial charge in [0, 0.05) is 10.6 Å². The summed E-state index contributed by atoms with van der Waals surface area (Å²) in [7, 11) is 1.55. The maximum Gasteiger partial charge on any atom is 0.293 e. The monoisotopic (exact) mass is 465 g/mol. The fraction of sp³-hybridized carbons (Fsp3) is 0.120. The molecule has 0 radical (unpaired) electrons. The first-order chi connectivity index (χ1) is 15.5. The molecule has 0 saturated carbocycles. The average molecular weight is 466 g/mol. The van der Waals surface area contributed by atoms with Gasteiger partial charge in [-0.2, -0.15) is 0 Å². The van der Waals surface area contributed by atoms with Gasteiger partial charge in [-0.1, -0.05) is 66.2 Å². The lowest BCUT2D eigenvalue weighted by atomic mass is 10.1. The van der Waals surface area contributed by atoms with Crippen molar-refractivity contribution in [3.63, 3.8) is 0 Å². The van der Waals surface area contributed by atoms with Gasteiger partial charge < -0.3 is 9.47 Å². The van der Waals surface area contributed by atoms with Crippen molar-refractivity contribution >= 4 is 40.6 Å². The zero-order chi connectivity index (χ0) is 22.5. The summed E-state index contributed by atoms with van der Waals surface area (Å²) < 4.78 is 11.3. The molecule has 2 amide bonds. The number of carbonyl (C=O) groups excluding carboxylic acids is 2. The molecule has 0 atom stereocenters. The van der Waals surface area contributed by atoms with Crippen LogP contribution in [0.1, 0.15) is 16.7 Å². The summed E-state index contributed by atoms with van der Waals surface area (Å²) in [6.07, 6.45) is 1.69. The van der Waals surface area contributed by atoms with Crippen molar-refractivity contribution in [3.8, 4) is 11.5 Å². The summed E-state index contributed by atoms with van der Waals surface area (Å²) >= 11 is 7.12. The van der Waals surface area contributed by atoms with Crippen molar-refractivity contribution in [3.05, 3.63) is 99.4 Å². The van der Waals surface area contributed by atoms with E-state index in [-0.39, 0.29) is 17.7 Å². The minimum absolute atomic E-state index is 0.251. The molecule has 0 bridgehead atoms. The second-order valence-electron chi connectivity index (χ2n) is 7.04. The predicted octanol–water partition coefficient (Wildman–Crippen LogP) is 6.16. The van der Waals surface area contributed by atoms with Crippen LogP contribution in [0.3, 0.4) is 0 Å². The highest BCUT2D eigenvalue weighted by molar-refractivity contribution is 8.18. The minimum atomic E-state index is -0.304. The largest absolute Gasteiger partial charge is 0.493 e. The van der Waals surface area contributed by atoms with Crippen LogP contribution in [0.5, 0.6) is 11.5 Å². The van der Waals surface area contributed by atoms with Gasteiger partial charge in [0.15, 0.2) is 11.5 Å². The molecule has 0 unspecified atom stereocenters. The Bertz CT molecular complexity index is 1180. The fourth-order valence-corrected chi connectivity index (χ4v) is 4.25. The summed E-state index contributed by atoms with van der Waals surface area (Å²) in [5, 5.41) is 0.353. The Morgan fingerprint density at radius 2 is 1.72 bits per heavy atom. The fourth-order valence-electron chi connectivity index (χ4n) is 3.22. The third-order valence-electron chi connectivity index (χ3n) is 4.88. The average Bonchev–Trinajstić information content (AvgIpc) is 3.07. The van der Waals surface area contributed by atoms with E-state index in [0.717, 1.165) is 28.5 Å². The van der Waals surface area contributed by atoms with E-state index in [0.29, 0.717) is 28.0 Å². The molecule has 1 heterocycles. The van der Waals surface area contributed by atoms with E-state index in [2.05, 4.69) is 0 Å². The Morgan fingerprint density at radius 1 is 0.969 bits per heavy atom. The Morgan fingerprint density at radius 3 is 2.47 bits per heavy atom. The third-order valence-corrected chi connectivity index (χ3v) is 6.16. The van der Waals surface area contributed by atoms with Gasteiger partial charge in [0.05, 0.1) is 18.6 Å². The van der Waals surface area contributed by atoms with E-state index in [1.807, 2.05) is 60.7 Å². The maximum atomic E-state index is 12.8. The SMILES string of the molecule is COc1cc(/C=C2/SC(=O)N(Cc3ccccc3)C2=O)ccc1OCc1ccccc1Cl. The molecule has 7 heteroatoms. The molecule has 5 nitrogen and oxygen atoms in total. The van der Waals surface area contributed by atoms with E-state index in [1.165, 1.54) is 4.90 Å². The summed E-state index contributed by atoms with van der Waals surface area (Å²) in [4.78, 5) is 26.8. The van der Waals surface area contributed by atoms with Crippen molar-refractivity contribution in [2.24, 2.45) is 0 Å². The van der Waals surface area contributed by atoms with Crippen molar-refractivity contribution < 1.29 is 19.1 Å². The number of thioether (sulfide) groups is 1. The molecule has 0 aromatic heterocycles. The summed E-state index contributed by atoms with van der Waals surface area (Å²) in [5.74, 6) is 0.776. The van der Waals surface area contributed by atoms with E-state index in [1.54, 1.807) is 25.3 Å². The molecule has 1 aliphatic rings. The van der Waals surface area contributed by atoms with Crippen LogP contribution in [0.4, 0.5) is 4.79 Å². The first-order valence-corrected chi connectivity index (χ1v) is 11.1. The van der Waals surface area contributed by atoms with E-state index in [9.17, 15) is 9.59 Å². The van der Waals surface area contributed by atoms with Crippen LogP contribution in [0, 0.1) is 0 Å². The molecule has 162 valence electrons. The first kappa shape index (κ1) is 22.0. The number of imide groups is 1. The zero-order valence-electron chi connectivity index (χ0n) is 17.3. The van der Waals surface area contributed by atoms with Gasteiger partial charge in [-0.3, -0.25) is 14.5 Å². The molecule has 3 aromatic rings. The van der Waals surface area contributed by atoms with E-state index < -0.39 is 0 Å². The maximum absolute atomic E-state index is 12.8. The third kappa shape index (κ3) is 4.98. The van der Waals surface area contributed by atoms with Gasteiger partial charge in [-0.15, -0.1) is 0 Å². The number of nitrogens with zero attached hydrogens (tertiary/aromatic N) is 1. The minimum Gasteiger partial charge on any atom is -0.493 e. The number of methoxy groups -OCH3 is 1. The summed E-state index contributed by atoms with van der Waals surface area (Å²) in [6, 6.07) is 22.3. The number of benzene rings is 3. The van der Waals surface area contributed by atoms with Crippen LogP contribution in [0.15, 0.2) is 77.7 Å². The number of rotatable bonds is 7. The molecule has 4 rings (SSSR count). The molecule has 1 aliphatic heterocycles. The quantitative estimate of drug-likeness (QED) is 0.391. The molecule has 3 aromatic carbocycles. The second kappa shape index (κ2) is 9.94. The van der Waals surface area contributed by atoms with Crippen molar-refractivity contribution in [1.29, 1.82) is 0 Å². The standard InChI is InChI=1S/C25H20ClNO4S/c1-30-22-13-18(11-12-21(22)31-16-19-9-5-6-10-20(19)26)14-23-24(28)27(25(29)32-23)15-17-7-3-2-4-8-17/h2-14H,15-16H2,1H3/b23-14+. The molecule has 0 spiro atoms. The van der Waals surface area contributed by atoms with Crippen LogP contribution < -0.4 is 9.47 Å². The Kier molecular flexibility index (Phi) is 6.83. The van der Waals surface area contributed by atoms with Crippen molar-refractivity contribution in [2.45, 2.75) is 13.2 Å². The molecular weight excluding hydrogens is 446 g/mol. The lowest BCUT2D eigenvalue weighted by Gasteiger charge is -2.13. The normalized spacial score (nSPS) is 14.8. The molecule has 1 fully saturated rings. The number of ether oxygens (including phenoxy) is 2. The van der Waals surface area contributed by atoms with E-state index >= 15 is 0 Å². The van der Waals surface area contributed by atoms with Gasteiger partial charge in [-0.05, 0) is 47.2 Å². The highest BCUT2D eigenvalue weighted by Crippen LogP contribution is 2.35. The number of hydrogen-bond acceptors (Lipinski definition) is 5. The van der Waals surface area contributed by atoms with Crippen LogP contribution in [-0.2, 0) is 17.9 Å². The highest BCUT2D eigenvalue weighted by Gasteiger charge is 2.35. The van der Waals surface area contributed by atoms with Crippen LogP contribution in [0.2, 0.25) is 5.02 Å². The summed E-state index contributed by atoms with van der Waals surface area (Å²) in [5.41, 5.74) is 2.50. The van der Waals surface area contributed by atoms with Crippen molar-refractivity contribution in [1.82, 2.24) is 4.90 Å². The molecule has 0 N–H and O–H groups in total. The number of carbonyl (C=O) groups is 2. The topological polar surface area (TPSA) is 55.8 Å². The molecule has 0 aliphatic carbocycles. The smallest absolute Gasteiger partial charge is 0.293 e. The molecule has 1 saturated heterocycles.